The third-order valence-electron chi connectivity index (χ3n) is 4.04. The molecule has 0 unspecified atom stereocenters. The van der Waals surface area contributed by atoms with Crippen LogP contribution < -0.4 is 10.6 Å². The topological polar surface area (TPSA) is 93.7 Å². The standard InChI is InChI=1S/C21H32N2O5/c1-14(2)11-17(19(24)22-18(12-15(3)4)20(25)27-5)23-21(26)28-13-16-9-7-6-8-10-16/h6-10,14-15,17-18H,11-13H2,1-5H3,(H,22,24)(H,23,26)/t17-,18-/m1/s1. The minimum absolute atomic E-state index is 0.112. The van der Waals surface area contributed by atoms with E-state index < -0.39 is 30.1 Å². The van der Waals surface area contributed by atoms with E-state index in [1.165, 1.54) is 7.11 Å². The Labute approximate surface area is 167 Å². The Morgan fingerprint density at radius 3 is 2.00 bits per heavy atom. The van der Waals surface area contributed by atoms with Gasteiger partial charge in [-0.1, -0.05) is 58.0 Å². The molecular weight excluding hydrogens is 360 g/mol. The summed E-state index contributed by atoms with van der Waals surface area (Å²) in [5.41, 5.74) is 0.852. The third kappa shape index (κ3) is 8.88. The molecule has 7 heteroatoms. The van der Waals surface area contributed by atoms with Crippen molar-refractivity contribution in [3.05, 3.63) is 35.9 Å². The summed E-state index contributed by atoms with van der Waals surface area (Å²) in [6.07, 6.45) is 0.191. The number of rotatable bonds is 10. The molecule has 156 valence electrons. The molecule has 28 heavy (non-hydrogen) atoms. The number of carbonyl (C=O) groups excluding carboxylic acids is 3. The summed E-state index contributed by atoms with van der Waals surface area (Å²) in [5.74, 6) is -0.581. The summed E-state index contributed by atoms with van der Waals surface area (Å²) in [6.45, 7) is 7.91. The summed E-state index contributed by atoms with van der Waals surface area (Å²) in [6, 6.07) is 7.72. The Morgan fingerprint density at radius 1 is 0.893 bits per heavy atom. The highest BCUT2D eigenvalue weighted by atomic mass is 16.5. The largest absolute Gasteiger partial charge is 0.467 e. The average Bonchev–Trinajstić information content (AvgIpc) is 2.64. The zero-order valence-corrected chi connectivity index (χ0v) is 17.4. The molecule has 7 nitrogen and oxygen atoms in total. The molecule has 1 aromatic rings. The molecule has 0 aromatic heterocycles. The van der Waals surface area contributed by atoms with Crippen LogP contribution in [0.4, 0.5) is 4.79 Å². The molecular formula is C21H32N2O5. The van der Waals surface area contributed by atoms with Crippen molar-refractivity contribution in [3.8, 4) is 0 Å². The molecule has 0 spiro atoms. The van der Waals surface area contributed by atoms with Crippen LogP contribution in [0.3, 0.4) is 0 Å². The van der Waals surface area contributed by atoms with E-state index in [9.17, 15) is 14.4 Å². The van der Waals surface area contributed by atoms with Crippen molar-refractivity contribution in [1.82, 2.24) is 10.6 Å². The molecule has 1 rings (SSSR count). The van der Waals surface area contributed by atoms with Gasteiger partial charge in [0.1, 0.15) is 18.7 Å². The van der Waals surface area contributed by atoms with Crippen LogP contribution in [0.2, 0.25) is 0 Å². The highest BCUT2D eigenvalue weighted by molar-refractivity contribution is 5.89. The minimum atomic E-state index is -0.803. The van der Waals surface area contributed by atoms with E-state index in [2.05, 4.69) is 10.6 Å². The lowest BCUT2D eigenvalue weighted by Crippen LogP contribution is -2.52. The lowest BCUT2D eigenvalue weighted by atomic mass is 10.0. The fourth-order valence-electron chi connectivity index (χ4n) is 2.71. The van der Waals surface area contributed by atoms with E-state index in [-0.39, 0.29) is 18.4 Å². The molecule has 2 amide bonds. The van der Waals surface area contributed by atoms with Crippen LogP contribution in [0.25, 0.3) is 0 Å². The molecule has 0 heterocycles. The number of alkyl carbamates (subject to hydrolysis) is 1. The number of ether oxygens (including phenoxy) is 2. The van der Waals surface area contributed by atoms with Gasteiger partial charge >= 0.3 is 12.1 Å². The normalized spacial score (nSPS) is 13.0. The van der Waals surface area contributed by atoms with E-state index in [0.717, 1.165) is 5.56 Å². The molecule has 0 radical (unpaired) electrons. The summed E-state index contributed by atoms with van der Waals surface area (Å²) in [7, 11) is 1.28. The number of amides is 2. The summed E-state index contributed by atoms with van der Waals surface area (Å²) >= 11 is 0. The van der Waals surface area contributed by atoms with Crippen LogP contribution in [-0.4, -0.2) is 37.2 Å². The molecule has 0 bridgehead atoms. The Hall–Kier alpha value is -2.57. The number of methoxy groups -OCH3 is 1. The zero-order chi connectivity index (χ0) is 21.1. The summed E-state index contributed by atoms with van der Waals surface area (Å²) in [4.78, 5) is 36.8. The van der Waals surface area contributed by atoms with Crippen LogP contribution in [0.1, 0.15) is 46.1 Å². The van der Waals surface area contributed by atoms with Crippen molar-refractivity contribution in [2.75, 3.05) is 7.11 Å². The first-order chi connectivity index (χ1) is 13.2. The van der Waals surface area contributed by atoms with E-state index in [4.69, 9.17) is 9.47 Å². The first-order valence-electron chi connectivity index (χ1n) is 9.58. The number of nitrogens with one attached hydrogen (secondary N) is 2. The van der Waals surface area contributed by atoms with E-state index in [1.54, 1.807) is 0 Å². The Morgan fingerprint density at radius 2 is 1.46 bits per heavy atom. The highest BCUT2D eigenvalue weighted by Gasteiger charge is 2.28. The van der Waals surface area contributed by atoms with Gasteiger partial charge in [-0.05, 0) is 30.2 Å². The monoisotopic (exact) mass is 392 g/mol. The highest BCUT2D eigenvalue weighted by Crippen LogP contribution is 2.10. The van der Waals surface area contributed by atoms with Gasteiger partial charge in [-0.2, -0.15) is 0 Å². The van der Waals surface area contributed by atoms with Crippen LogP contribution >= 0.6 is 0 Å². The smallest absolute Gasteiger partial charge is 0.408 e. The third-order valence-corrected chi connectivity index (χ3v) is 4.04. The number of hydrogen-bond acceptors (Lipinski definition) is 5. The van der Waals surface area contributed by atoms with E-state index in [1.807, 2.05) is 58.0 Å². The van der Waals surface area contributed by atoms with Crippen LogP contribution in [0, 0.1) is 11.8 Å². The van der Waals surface area contributed by atoms with Crippen LogP contribution in [0.15, 0.2) is 30.3 Å². The quantitative estimate of drug-likeness (QED) is 0.597. The SMILES string of the molecule is COC(=O)[C@@H](CC(C)C)NC(=O)[C@@H](CC(C)C)NC(=O)OCc1ccccc1. The molecule has 1 aromatic carbocycles. The number of hydrogen-bond donors (Lipinski definition) is 2. The lowest BCUT2D eigenvalue weighted by Gasteiger charge is -2.24. The fourth-order valence-corrected chi connectivity index (χ4v) is 2.71. The first kappa shape index (κ1) is 23.5. The number of benzene rings is 1. The second-order valence-corrected chi connectivity index (χ2v) is 7.60. The summed E-state index contributed by atoms with van der Waals surface area (Å²) < 4.78 is 9.98. The molecule has 0 fully saturated rings. The van der Waals surface area contributed by atoms with Gasteiger partial charge in [-0.3, -0.25) is 4.79 Å². The van der Waals surface area contributed by atoms with Crippen molar-refractivity contribution in [2.45, 2.75) is 59.2 Å². The van der Waals surface area contributed by atoms with Crippen molar-refractivity contribution in [2.24, 2.45) is 11.8 Å². The van der Waals surface area contributed by atoms with Gasteiger partial charge in [0, 0.05) is 0 Å². The predicted octanol–water partition coefficient (Wildman–Crippen LogP) is 3.03. The lowest BCUT2D eigenvalue weighted by molar-refractivity contribution is -0.145. The zero-order valence-electron chi connectivity index (χ0n) is 17.4. The van der Waals surface area contributed by atoms with E-state index >= 15 is 0 Å². The Bertz CT molecular complexity index is 631. The molecule has 2 N–H and O–H groups in total. The first-order valence-corrected chi connectivity index (χ1v) is 9.58. The molecule has 0 aliphatic rings. The second-order valence-electron chi connectivity index (χ2n) is 7.60. The number of esters is 1. The van der Waals surface area contributed by atoms with Gasteiger partial charge in [-0.25, -0.2) is 9.59 Å². The van der Waals surface area contributed by atoms with Crippen molar-refractivity contribution >= 4 is 18.0 Å². The Kier molecular flexibility index (Phi) is 10.1. The van der Waals surface area contributed by atoms with Crippen LogP contribution in [-0.2, 0) is 25.7 Å². The maximum atomic E-state index is 12.7. The molecule has 0 saturated heterocycles. The molecule has 0 saturated carbocycles. The Balaban J connectivity index is 2.72. The molecule has 0 aliphatic carbocycles. The fraction of sp³-hybridized carbons (Fsp3) is 0.571. The second kappa shape index (κ2) is 12.0. The van der Waals surface area contributed by atoms with Crippen molar-refractivity contribution in [1.29, 1.82) is 0 Å². The van der Waals surface area contributed by atoms with Crippen LogP contribution in [0.5, 0.6) is 0 Å². The maximum absolute atomic E-state index is 12.7. The molecule has 2 atom stereocenters. The van der Waals surface area contributed by atoms with E-state index in [0.29, 0.717) is 12.8 Å². The van der Waals surface area contributed by atoms with Gasteiger partial charge in [0.15, 0.2) is 0 Å². The van der Waals surface area contributed by atoms with Gasteiger partial charge in [0.25, 0.3) is 0 Å². The summed E-state index contributed by atoms with van der Waals surface area (Å²) in [5, 5.41) is 5.31. The van der Waals surface area contributed by atoms with Crippen molar-refractivity contribution < 1.29 is 23.9 Å². The van der Waals surface area contributed by atoms with Crippen molar-refractivity contribution in [3.63, 3.8) is 0 Å². The number of carbonyl (C=O) groups is 3. The van der Waals surface area contributed by atoms with Gasteiger partial charge in [0.05, 0.1) is 7.11 Å². The van der Waals surface area contributed by atoms with Gasteiger partial charge < -0.3 is 20.1 Å². The van der Waals surface area contributed by atoms with Gasteiger partial charge in [0.2, 0.25) is 5.91 Å². The average molecular weight is 392 g/mol. The maximum Gasteiger partial charge on any atom is 0.408 e. The van der Waals surface area contributed by atoms with Gasteiger partial charge in [-0.15, -0.1) is 0 Å². The molecule has 0 aliphatic heterocycles. The predicted molar refractivity (Wildman–Crippen MR) is 106 cm³/mol. The minimum Gasteiger partial charge on any atom is -0.467 e.